The minimum atomic E-state index is -0.344. The Bertz CT molecular complexity index is 962. The fourth-order valence-electron chi connectivity index (χ4n) is 2.73. The fraction of sp³-hybridized carbons (Fsp3) is 0.211. The Kier molecular flexibility index (Phi) is 4.52. The lowest BCUT2D eigenvalue weighted by molar-refractivity contribution is 0.0994. The molecule has 0 aromatic carbocycles. The van der Waals surface area contributed by atoms with Gasteiger partial charge in [0.15, 0.2) is 5.76 Å². The first-order valence-electron chi connectivity index (χ1n) is 7.94. The number of hydrogen-bond acceptors (Lipinski definition) is 4. The van der Waals surface area contributed by atoms with Gasteiger partial charge in [-0.15, -0.1) is 0 Å². The molecule has 0 fully saturated rings. The van der Waals surface area contributed by atoms with Gasteiger partial charge >= 0.3 is 0 Å². The molecular weight excluding hydrogens is 318 g/mol. The smallest absolute Gasteiger partial charge is 0.291 e. The van der Waals surface area contributed by atoms with Crippen LogP contribution in [0.2, 0.25) is 0 Å². The van der Waals surface area contributed by atoms with Gasteiger partial charge in [-0.05, 0) is 50.6 Å². The molecule has 25 heavy (non-hydrogen) atoms. The number of pyridine rings is 2. The lowest BCUT2D eigenvalue weighted by Gasteiger charge is -2.11. The predicted molar refractivity (Wildman–Crippen MR) is 94.9 cm³/mol. The van der Waals surface area contributed by atoms with E-state index in [4.69, 9.17) is 4.42 Å². The maximum atomic E-state index is 12.4. The third-order valence-corrected chi connectivity index (χ3v) is 3.87. The molecule has 0 radical (unpaired) electrons. The van der Waals surface area contributed by atoms with E-state index in [1.807, 2.05) is 26.8 Å². The van der Waals surface area contributed by atoms with Gasteiger partial charge in [-0.2, -0.15) is 0 Å². The molecule has 1 amide bonds. The summed E-state index contributed by atoms with van der Waals surface area (Å²) in [7, 11) is 0. The van der Waals surface area contributed by atoms with Gasteiger partial charge in [-0.3, -0.25) is 14.6 Å². The molecule has 0 aliphatic heterocycles. The maximum absolute atomic E-state index is 12.4. The summed E-state index contributed by atoms with van der Waals surface area (Å²) in [4.78, 5) is 28.5. The lowest BCUT2D eigenvalue weighted by atomic mass is 10.1. The first kappa shape index (κ1) is 16.7. The third kappa shape index (κ3) is 3.68. The second-order valence-corrected chi connectivity index (χ2v) is 5.93. The topological polar surface area (TPSA) is 77.1 Å². The Morgan fingerprint density at radius 1 is 1.20 bits per heavy atom. The fourth-order valence-corrected chi connectivity index (χ4v) is 2.73. The highest BCUT2D eigenvalue weighted by atomic mass is 16.4. The SMILES string of the molecule is Cc1cc(C)c(NC(=O)c2ccc(Cn3ccccc3=O)o2)c(C)n1. The Morgan fingerprint density at radius 2 is 2.00 bits per heavy atom. The molecule has 6 heteroatoms. The van der Waals surface area contributed by atoms with Crippen molar-refractivity contribution in [1.82, 2.24) is 9.55 Å². The van der Waals surface area contributed by atoms with Crippen LogP contribution in [0.1, 0.15) is 33.3 Å². The summed E-state index contributed by atoms with van der Waals surface area (Å²) in [5, 5.41) is 2.85. The number of nitrogens with one attached hydrogen (secondary N) is 1. The van der Waals surface area contributed by atoms with E-state index in [1.165, 1.54) is 10.6 Å². The van der Waals surface area contributed by atoms with E-state index in [1.54, 1.807) is 30.5 Å². The van der Waals surface area contributed by atoms with Crippen molar-refractivity contribution in [1.29, 1.82) is 0 Å². The Morgan fingerprint density at radius 3 is 2.72 bits per heavy atom. The highest BCUT2D eigenvalue weighted by Gasteiger charge is 2.15. The number of anilines is 1. The number of carbonyl (C=O) groups excluding carboxylic acids is 1. The number of aryl methyl sites for hydroxylation is 3. The number of nitrogens with zero attached hydrogens (tertiary/aromatic N) is 2. The van der Waals surface area contributed by atoms with Gasteiger partial charge in [0.2, 0.25) is 0 Å². The van der Waals surface area contributed by atoms with Crippen LogP contribution in [0.4, 0.5) is 5.69 Å². The molecule has 0 spiro atoms. The van der Waals surface area contributed by atoms with Crippen molar-refractivity contribution in [2.75, 3.05) is 5.32 Å². The van der Waals surface area contributed by atoms with Crippen molar-refractivity contribution in [3.8, 4) is 0 Å². The number of hydrogen-bond donors (Lipinski definition) is 1. The Balaban J connectivity index is 1.77. The molecule has 3 rings (SSSR count). The van der Waals surface area contributed by atoms with Gasteiger partial charge in [0.1, 0.15) is 5.76 Å². The van der Waals surface area contributed by atoms with Crippen molar-refractivity contribution < 1.29 is 9.21 Å². The highest BCUT2D eigenvalue weighted by Crippen LogP contribution is 2.20. The monoisotopic (exact) mass is 337 g/mol. The van der Waals surface area contributed by atoms with Crippen molar-refractivity contribution in [2.24, 2.45) is 0 Å². The molecule has 3 heterocycles. The summed E-state index contributed by atoms with van der Waals surface area (Å²) in [6.07, 6.45) is 1.68. The minimum Gasteiger partial charge on any atom is -0.454 e. The van der Waals surface area contributed by atoms with Crippen LogP contribution in [0, 0.1) is 20.8 Å². The van der Waals surface area contributed by atoms with Crippen LogP contribution in [0.15, 0.2) is 51.8 Å². The van der Waals surface area contributed by atoms with Crippen LogP contribution in [0.3, 0.4) is 0 Å². The van der Waals surface area contributed by atoms with E-state index in [0.717, 1.165) is 17.0 Å². The standard InChI is InChI=1S/C19H19N3O3/c1-12-10-13(2)20-14(3)18(12)21-19(24)16-8-7-15(25-16)11-22-9-5-4-6-17(22)23/h4-10H,11H2,1-3H3,(H,21,24). The molecular formula is C19H19N3O3. The number of carbonyl (C=O) groups is 1. The van der Waals surface area contributed by atoms with Gasteiger partial charge in [0.05, 0.1) is 17.9 Å². The molecule has 0 saturated carbocycles. The summed E-state index contributed by atoms with van der Waals surface area (Å²) in [5.41, 5.74) is 3.17. The Labute approximate surface area is 145 Å². The van der Waals surface area contributed by atoms with E-state index < -0.39 is 0 Å². The van der Waals surface area contributed by atoms with Crippen LogP contribution < -0.4 is 10.9 Å². The van der Waals surface area contributed by atoms with Gasteiger partial charge in [0, 0.05) is 18.0 Å². The number of rotatable bonds is 4. The predicted octanol–water partition coefficient (Wildman–Crippen LogP) is 3.06. The molecule has 0 aliphatic carbocycles. The normalized spacial score (nSPS) is 10.7. The minimum absolute atomic E-state index is 0.123. The van der Waals surface area contributed by atoms with Gasteiger partial charge in [0.25, 0.3) is 11.5 Å². The van der Waals surface area contributed by atoms with E-state index in [0.29, 0.717) is 11.4 Å². The van der Waals surface area contributed by atoms with Crippen molar-refractivity contribution in [3.05, 3.63) is 81.4 Å². The maximum Gasteiger partial charge on any atom is 0.291 e. The average molecular weight is 337 g/mol. The van der Waals surface area contributed by atoms with E-state index in [-0.39, 0.29) is 23.8 Å². The summed E-state index contributed by atoms with van der Waals surface area (Å²) in [6.45, 7) is 5.96. The first-order chi connectivity index (χ1) is 11.9. The largest absolute Gasteiger partial charge is 0.454 e. The quantitative estimate of drug-likeness (QED) is 0.794. The summed E-state index contributed by atoms with van der Waals surface area (Å²) in [6, 6.07) is 10.1. The molecule has 1 N–H and O–H groups in total. The number of amides is 1. The lowest BCUT2D eigenvalue weighted by Crippen LogP contribution is -2.18. The molecule has 3 aromatic heterocycles. The molecule has 3 aromatic rings. The third-order valence-electron chi connectivity index (χ3n) is 3.87. The highest BCUT2D eigenvalue weighted by molar-refractivity contribution is 6.03. The molecule has 0 unspecified atom stereocenters. The van der Waals surface area contributed by atoms with Crippen molar-refractivity contribution in [2.45, 2.75) is 27.3 Å². The zero-order chi connectivity index (χ0) is 18.0. The molecule has 0 bridgehead atoms. The van der Waals surface area contributed by atoms with E-state index >= 15 is 0 Å². The van der Waals surface area contributed by atoms with Gasteiger partial charge in [-0.25, -0.2) is 0 Å². The van der Waals surface area contributed by atoms with Crippen molar-refractivity contribution >= 4 is 11.6 Å². The summed E-state index contributed by atoms with van der Waals surface area (Å²) >= 11 is 0. The number of aromatic nitrogens is 2. The van der Waals surface area contributed by atoms with Crippen LogP contribution in [-0.4, -0.2) is 15.5 Å². The number of furan rings is 1. The van der Waals surface area contributed by atoms with Gasteiger partial charge in [-0.1, -0.05) is 6.07 Å². The zero-order valence-electron chi connectivity index (χ0n) is 14.4. The first-order valence-corrected chi connectivity index (χ1v) is 7.94. The van der Waals surface area contributed by atoms with E-state index in [9.17, 15) is 9.59 Å². The van der Waals surface area contributed by atoms with Crippen LogP contribution in [0.25, 0.3) is 0 Å². The van der Waals surface area contributed by atoms with Crippen LogP contribution in [0.5, 0.6) is 0 Å². The summed E-state index contributed by atoms with van der Waals surface area (Å²) in [5.74, 6) is 0.385. The van der Waals surface area contributed by atoms with Gasteiger partial charge < -0.3 is 14.3 Å². The zero-order valence-corrected chi connectivity index (χ0v) is 14.4. The molecule has 0 atom stereocenters. The average Bonchev–Trinajstić information content (AvgIpc) is 3.01. The molecule has 0 saturated heterocycles. The molecule has 6 nitrogen and oxygen atoms in total. The van der Waals surface area contributed by atoms with Crippen LogP contribution in [-0.2, 0) is 6.54 Å². The Hall–Kier alpha value is -3.15. The van der Waals surface area contributed by atoms with Crippen LogP contribution >= 0.6 is 0 Å². The second-order valence-electron chi connectivity index (χ2n) is 5.93. The molecule has 128 valence electrons. The molecule has 0 aliphatic rings. The second kappa shape index (κ2) is 6.76. The summed E-state index contributed by atoms with van der Waals surface area (Å²) < 4.78 is 7.10. The van der Waals surface area contributed by atoms with Crippen molar-refractivity contribution in [3.63, 3.8) is 0 Å². The van der Waals surface area contributed by atoms with E-state index in [2.05, 4.69) is 10.3 Å².